The number of urea groups is 1. The Balaban J connectivity index is 1.69. The van der Waals surface area contributed by atoms with Gasteiger partial charge in [0.05, 0.1) is 12.3 Å². The van der Waals surface area contributed by atoms with Crippen molar-refractivity contribution >= 4 is 45.5 Å². The van der Waals surface area contributed by atoms with E-state index in [1.165, 1.54) is 6.08 Å². The summed E-state index contributed by atoms with van der Waals surface area (Å²) in [5.74, 6) is -0.314. The molecule has 1 aromatic heterocycles. The van der Waals surface area contributed by atoms with Crippen LogP contribution in [-0.2, 0) is 9.59 Å². The molecule has 1 aliphatic rings. The van der Waals surface area contributed by atoms with E-state index >= 15 is 0 Å². The first-order valence-electron chi connectivity index (χ1n) is 9.47. The fourth-order valence-electron chi connectivity index (χ4n) is 3.17. The van der Waals surface area contributed by atoms with Crippen molar-refractivity contribution < 1.29 is 23.5 Å². The van der Waals surface area contributed by atoms with E-state index in [1.807, 2.05) is 24.3 Å². The van der Waals surface area contributed by atoms with E-state index in [2.05, 4.69) is 21.2 Å². The highest BCUT2D eigenvalue weighted by Crippen LogP contribution is 2.32. The van der Waals surface area contributed by atoms with Crippen molar-refractivity contribution in [2.45, 2.75) is 6.92 Å². The van der Waals surface area contributed by atoms with E-state index in [4.69, 9.17) is 9.15 Å². The van der Waals surface area contributed by atoms with Gasteiger partial charge in [0, 0.05) is 10.0 Å². The molecule has 0 atom stereocenters. The van der Waals surface area contributed by atoms with Crippen LogP contribution in [0, 0.1) is 0 Å². The summed E-state index contributed by atoms with van der Waals surface area (Å²) in [6.45, 7) is 2.15. The maximum absolute atomic E-state index is 13.1. The van der Waals surface area contributed by atoms with Crippen molar-refractivity contribution in [3.63, 3.8) is 0 Å². The predicted octanol–water partition coefficient (Wildman–Crippen LogP) is 4.77. The van der Waals surface area contributed by atoms with E-state index < -0.39 is 17.8 Å². The number of hydrogen-bond donors (Lipinski definition) is 1. The second kappa shape index (κ2) is 8.61. The van der Waals surface area contributed by atoms with Crippen LogP contribution in [0.1, 0.15) is 12.7 Å². The molecule has 8 heteroatoms. The summed E-state index contributed by atoms with van der Waals surface area (Å²) < 4.78 is 12.2. The van der Waals surface area contributed by atoms with Gasteiger partial charge in [-0.1, -0.05) is 40.2 Å². The quantitative estimate of drug-likeness (QED) is 0.419. The van der Waals surface area contributed by atoms with Crippen molar-refractivity contribution in [3.8, 4) is 17.1 Å². The van der Waals surface area contributed by atoms with Gasteiger partial charge in [-0.15, -0.1) is 0 Å². The van der Waals surface area contributed by atoms with Crippen LogP contribution in [-0.4, -0.2) is 24.5 Å². The first-order valence-corrected chi connectivity index (χ1v) is 10.3. The number of nitrogens with one attached hydrogen (secondary N) is 1. The molecular formula is C23H17BrN2O5. The molecule has 7 nitrogen and oxygen atoms in total. The van der Waals surface area contributed by atoms with E-state index in [9.17, 15) is 14.4 Å². The number of ether oxygens (including phenoxy) is 1. The summed E-state index contributed by atoms with van der Waals surface area (Å²) in [4.78, 5) is 38.8. The Bertz CT molecular complexity index is 1210. The zero-order valence-corrected chi connectivity index (χ0v) is 18.0. The molecule has 2 heterocycles. The second-order valence-electron chi connectivity index (χ2n) is 6.57. The minimum absolute atomic E-state index is 0.221. The number of benzene rings is 2. The van der Waals surface area contributed by atoms with Crippen LogP contribution in [0.25, 0.3) is 17.4 Å². The van der Waals surface area contributed by atoms with E-state index in [0.717, 1.165) is 14.9 Å². The van der Waals surface area contributed by atoms with Crippen LogP contribution in [0.3, 0.4) is 0 Å². The Labute approximate surface area is 186 Å². The van der Waals surface area contributed by atoms with Gasteiger partial charge < -0.3 is 9.15 Å². The maximum Gasteiger partial charge on any atom is 0.336 e. The summed E-state index contributed by atoms with van der Waals surface area (Å²) >= 11 is 3.41. The van der Waals surface area contributed by atoms with Crippen LogP contribution in [0.15, 0.2) is 75.1 Å². The third-order valence-electron chi connectivity index (χ3n) is 4.53. The Morgan fingerprint density at radius 1 is 1.06 bits per heavy atom. The number of halogens is 1. The summed E-state index contributed by atoms with van der Waals surface area (Å²) in [6, 6.07) is 16.7. The number of nitrogens with zero attached hydrogens (tertiary/aromatic N) is 1. The van der Waals surface area contributed by atoms with Crippen LogP contribution in [0.4, 0.5) is 10.5 Å². The number of carbonyl (C=O) groups is 3. The first kappa shape index (κ1) is 20.6. The third kappa shape index (κ3) is 4.15. The second-order valence-corrected chi connectivity index (χ2v) is 7.49. The van der Waals surface area contributed by atoms with Gasteiger partial charge in [0.25, 0.3) is 11.8 Å². The lowest BCUT2D eigenvalue weighted by Crippen LogP contribution is -2.54. The van der Waals surface area contributed by atoms with Crippen molar-refractivity contribution in [3.05, 3.63) is 76.5 Å². The fourth-order valence-corrected chi connectivity index (χ4v) is 3.56. The molecule has 0 radical (unpaired) electrons. The molecule has 31 heavy (non-hydrogen) atoms. The van der Waals surface area contributed by atoms with Gasteiger partial charge in [0.2, 0.25) is 0 Å². The minimum atomic E-state index is -0.839. The monoisotopic (exact) mass is 480 g/mol. The number of rotatable bonds is 5. The normalized spacial score (nSPS) is 15.4. The van der Waals surface area contributed by atoms with E-state index in [-0.39, 0.29) is 11.3 Å². The number of barbiturate groups is 1. The lowest BCUT2D eigenvalue weighted by atomic mass is 10.1. The van der Waals surface area contributed by atoms with Gasteiger partial charge >= 0.3 is 6.03 Å². The van der Waals surface area contributed by atoms with Crippen molar-refractivity contribution in [2.24, 2.45) is 0 Å². The van der Waals surface area contributed by atoms with Gasteiger partial charge in [0.1, 0.15) is 22.8 Å². The highest BCUT2D eigenvalue weighted by Gasteiger charge is 2.38. The lowest BCUT2D eigenvalue weighted by molar-refractivity contribution is -0.122. The molecule has 0 saturated carbocycles. The smallest absolute Gasteiger partial charge is 0.336 e. The molecule has 0 unspecified atom stereocenters. The number of para-hydroxylation sites is 2. The largest absolute Gasteiger partial charge is 0.492 e. The average molecular weight is 481 g/mol. The average Bonchev–Trinajstić information content (AvgIpc) is 3.21. The zero-order valence-electron chi connectivity index (χ0n) is 16.4. The third-order valence-corrected chi connectivity index (χ3v) is 5.02. The highest BCUT2D eigenvalue weighted by atomic mass is 79.9. The fraction of sp³-hybridized carbons (Fsp3) is 0.0870. The van der Waals surface area contributed by atoms with Crippen molar-refractivity contribution in [2.75, 3.05) is 11.5 Å². The number of anilines is 1. The Kier molecular flexibility index (Phi) is 5.73. The number of amides is 4. The summed E-state index contributed by atoms with van der Waals surface area (Å²) in [7, 11) is 0. The molecule has 0 spiro atoms. The summed E-state index contributed by atoms with van der Waals surface area (Å²) in [6.07, 6.45) is 1.32. The van der Waals surface area contributed by atoms with Crippen molar-refractivity contribution in [1.29, 1.82) is 0 Å². The lowest BCUT2D eigenvalue weighted by Gasteiger charge is -2.27. The van der Waals surface area contributed by atoms with E-state index in [1.54, 1.807) is 43.3 Å². The number of furan rings is 1. The van der Waals surface area contributed by atoms with Gasteiger partial charge in [-0.05, 0) is 49.4 Å². The molecule has 0 aliphatic carbocycles. The Hall–Kier alpha value is -3.65. The molecule has 4 rings (SSSR count). The van der Waals surface area contributed by atoms with Gasteiger partial charge in [-0.2, -0.15) is 0 Å². The topological polar surface area (TPSA) is 88.8 Å². The van der Waals surface area contributed by atoms with E-state index in [0.29, 0.717) is 23.9 Å². The SMILES string of the molecule is CCOc1ccccc1N1C(=O)NC(=O)/C(=C\c2ccc(-c3cccc(Br)c3)o2)C1=O. The molecule has 2 aromatic carbocycles. The van der Waals surface area contributed by atoms with Crippen LogP contribution < -0.4 is 15.0 Å². The molecule has 1 saturated heterocycles. The standard InChI is InChI=1S/C23H17BrN2O5/c1-2-30-20-9-4-3-8-18(20)26-22(28)17(21(27)25-23(26)29)13-16-10-11-19(31-16)14-6-5-7-15(24)12-14/h3-13H,2H2,1H3,(H,25,27,29)/b17-13+. The molecule has 156 valence electrons. The molecule has 0 bridgehead atoms. The number of hydrogen-bond acceptors (Lipinski definition) is 5. The molecule has 1 fully saturated rings. The number of carbonyl (C=O) groups excluding carboxylic acids is 3. The first-order chi connectivity index (χ1) is 15.0. The van der Waals surface area contributed by atoms with Gasteiger partial charge in [-0.25, -0.2) is 9.69 Å². The van der Waals surface area contributed by atoms with Gasteiger partial charge in [-0.3, -0.25) is 14.9 Å². The zero-order chi connectivity index (χ0) is 22.0. The molecule has 3 aromatic rings. The number of imide groups is 2. The van der Waals surface area contributed by atoms with Crippen molar-refractivity contribution in [1.82, 2.24) is 5.32 Å². The minimum Gasteiger partial charge on any atom is -0.492 e. The van der Waals surface area contributed by atoms with Crippen LogP contribution >= 0.6 is 15.9 Å². The highest BCUT2D eigenvalue weighted by molar-refractivity contribution is 9.10. The molecule has 1 aliphatic heterocycles. The Morgan fingerprint density at radius 2 is 1.87 bits per heavy atom. The summed E-state index contributed by atoms with van der Waals surface area (Å²) in [5.41, 5.74) is 0.862. The Morgan fingerprint density at radius 3 is 2.65 bits per heavy atom. The molecule has 4 amide bonds. The van der Waals surface area contributed by atoms with Gasteiger partial charge in [0.15, 0.2) is 0 Å². The van der Waals surface area contributed by atoms with Crippen LogP contribution in [0.5, 0.6) is 5.75 Å². The molecule has 1 N–H and O–H groups in total. The molecular weight excluding hydrogens is 464 g/mol. The predicted molar refractivity (Wildman–Crippen MR) is 118 cm³/mol. The van der Waals surface area contributed by atoms with Crippen LogP contribution in [0.2, 0.25) is 0 Å². The summed E-state index contributed by atoms with van der Waals surface area (Å²) in [5, 5.41) is 2.20. The maximum atomic E-state index is 13.1.